The van der Waals surface area contributed by atoms with E-state index >= 15 is 0 Å². The molecule has 10 nitrogen and oxygen atoms in total. The number of rotatable bonds is 8. The Labute approximate surface area is 288 Å². The number of hydrogen-bond acceptors (Lipinski definition) is 7. The molecule has 6 rings (SSSR count). The first-order valence-electron chi connectivity index (χ1n) is 17.0. The first-order chi connectivity index (χ1) is 23.9. The number of carboxylic acids is 1. The van der Waals surface area contributed by atoms with E-state index in [2.05, 4.69) is 9.97 Å². The van der Waals surface area contributed by atoms with Crippen LogP contribution in [-0.4, -0.2) is 54.2 Å². The molecule has 262 valence electrons. The van der Waals surface area contributed by atoms with Gasteiger partial charge in [0.05, 0.1) is 30.0 Å². The summed E-state index contributed by atoms with van der Waals surface area (Å²) in [5.41, 5.74) is 7.92. The number of hydrogen-bond donors (Lipinski definition) is 5. The quantitative estimate of drug-likeness (QED) is 0.146. The van der Waals surface area contributed by atoms with Crippen LogP contribution in [-0.2, 0) is 24.1 Å². The number of aromatic amines is 2. The van der Waals surface area contributed by atoms with Gasteiger partial charge in [0, 0.05) is 53.1 Å². The zero-order valence-corrected chi connectivity index (χ0v) is 28.2. The lowest BCUT2D eigenvalue weighted by atomic mass is 9.86. The number of pyridine rings is 3. The standard InChI is InChI=1S/C29H31FN2O5.C10H11NO2/c1-16(2)28-23(11-10-19(33)14-20(34)15-26(36)37)27(17-6-8-18(30)9-7-17)22-4-3-5-24-21(29(22)32-28)12-13-25(35)31-24;12-9-4-2-1-3-8-7(9)5-6-10(13)11-8/h6-13,16,19-20,33-34H,3-5,14-15H2,1-2H3,(H,31,35)(H,36,37);5-6H,1-4H2,(H,11,13)/b11-10+;/t19-,20-;/m1./s1. The van der Waals surface area contributed by atoms with Crippen LogP contribution in [0.4, 0.5) is 4.39 Å². The van der Waals surface area contributed by atoms with E-state index in [-0.39, 0.29) is 35.1 Å². The SMILES string of the molecule is CC(C)c1nc2c(c(-c3ccc(F)cc3)c1/C=C/[C@@H](O)C[C@@H](O)CC(=O)O)CCCc1[nH]c(=O)ccc1-2.O=C1CCCCc2[nH]c(=O)ccc21. The van der Waals surface area contributed by atoms with E-state index in [9.17, 15) is 33.8 Å². The summed E-state index contributed by atoms with van der Waals surface area (Å²) in [5, 5.41) is 29.4. The fraction of sp³-hybridized carbons (Fsp3) is 0.359. The molecular weight excluding hydrogens is 641 g/mol. The van der Waals surface area contributed by atoms with Crippen molar-refractivity contribution in [2.75, 3.05) is 0 Å². The zero-order chi connectivity index (χ0) is 35.9. The van der Waals surface area contributed by atoms with Gasteiger partial charge in [0.1, 0.15) is 5.82 Å². The Kier molecular flexibility index (Phi) is 11.7. The van der Waals surface area contributed by atoms with Crippen molar-refractivity contribution in [3.05, 3.63) is 115 Å². The van der Waals surface area contributed by atoms with E-state index in [4.69, 9.17) is 10.1 Å². The minimum absolute atomic E-state index is 0.00615. The Balaban J connectivity index is 0.000000311. The molecule has 0 unspecified atom stereocenters. The number of halogens is 1. The summed E-state index contributed by atoms with van der Waals surface area (Å²) in [6, 6.07) is 12.6. The van der Waals surface area contributed by atoms with Gasteiger partial charge in [-0.3, -0.25) is 24.2 Å². The van der Waals surface area contributed by atoms with Gasteiger partial charge in [-0.1, -0.05) is 38.1 Å². The van der Waals surface area contributed by atoms with Crippen molar-refractivity contribution in [3.8, 4) is 22.4 Å². The first-order valence-corrected chi connectivity index (χ1v) is 17.0. The van der Waals surface area contributed by atoms with Gasteiger partial charge in [0.2, 0.25) is 11.1 Å². The van der Waals surface area contributed by atoms with Crippen LogP contribution in [0.5, 0.6) is 0 Å². The summed E-state index contributed by atoms with van der Waals surface area (Å²) in [5.74, 6) is -1.34. The van der Waals surface area contributed by atoms with Gasteiger partial charge < -0.3 is 25.3 Å². The normalized spacial score (nSPS) is 15.2. The van der Waals surface area contributed by atoms with E-state index in [0.717, 1.165) is 76.3 Å². The second-order valence-electron chi connectivity index (χ2n) is 13.1. The summed E-state index contributed by atoms with van der Waals surface area (Å²) in [7, 11) is 0. The van der Waals surface area contributed by atoms with E-state index < -0.39 is 24.6 Å². The minimum Gasteiger partial charge on any atom is -0.481 e. The van der Waals surface area contributed by atoms with Gasteiger partial charge in [-0.05, 0) is 85.4 Å². The fourth-order valence-corrected chi connectivity index (χ4v) is 6.60. The van der Waals surface area contributed by atoms with Crippen LogP contribution in [0.3, 0.4) is 0 Å². The first kappa shape index (κ1) is 36.3. The maximum atomic E-state index is 13.9. The number of carbonyl (C=O) groups is 2. The third-order valence-electron chi connectivity index (χ3n) is 8.94. The maximum absolute atomic E-state index is 13.9. The van der Waals surface area contributed by atoms with Crippen molar-refractivity contribution in [2.24, 2.45) is 0 Å². The van der Waals surface area contributed by atoms with Crippen LogP contribution in [0.2, 0.25) is 0 Å². The molecule has 0 amide bonds. The molecular formula is C39H42FN3O7. The van der Waals surface area contributed by atoms with E-state index in [1.165, 1.54) is 30.3 Å². The summed E-state index contributed by atoms with van der Waals surface area (Å²) in [4.78, 5) is 56.1. The number of carbonyl (C=O) groups excluding carboxylic acids is 1. The van der Waals surface area contributed by atoms with Crippen molar-refractivity contribution >= 4 is 17.8 Å². The fourth-order valence-electron chi connectivity index (χ4n) is 6.60. The van der Waals surface area contributed by atoms with Crippen molar-refractivity contribution in [1.29, 1.82) is 0 Å². The minimum atomic E-state index is -1.18. The number of nitrogens with zero attached hydrogens (tertiary/aromatic N) is 1. The average Bonchev–Trinajstić information content (AvgIpc) is 3.35. The highest BCUT2D eigenvalue weighted by Crippen LogP contribution is 2.41. The largest absolute Gasteiger partial charge is 0.481 e. The van der Waals surface area contributed by atoms with Crippen LogP contribution >= 0.6 is 0 Å². The van der Waals surface area contributed by atoms with Crippen LogP contribution in [0.1, 0.15) is 96.9 Å². The Morgan fingerprint density at radius 3 is 2.14 bits per heavy atom. The summed E-state index contributed by atoms with van der Waals surface area (Å²) in [6.07, 6.45) is 5.97. The number of Topliss-reactive ketones (excluding diaryl/α,β-unsaturated/α-hetero) is 1. The van der Waals surface area contributed by atoms with Gasteiger partial charge in [-0.15, -0.1) is 0 Å². The smallest absolute Gasteiger partial charge is 0.305 e. The lowest BCUT2D eigenvalue weighted by molar-refractivity contribution is -0.139. The molecule has 4 aromatic rings. The van der Waals surface area contributed by atoms with E-state index in [0.29, 0.717) is 24.8 Å². The second kappa shape index (κ2) is 16.1. The van der Waals surface area contributed by atoms with Crippen molar-refractivity contribution < 1.29 is 29.3 Å². The van der Waals surface area contributed by atoms with Crippen LogP contribution in [0.15, 0.2) is 64.2 Å². The monoisotopic (exact) mass is 683 g/mol. The highest BCUT2D eigenvalue weighted by atomic mass is 19.1. The predicted molar refractivity (Wildman–Crippen MR) is 189 cm³/mol. The molecule has 0 saturated heterocycles. The van der Waals surface area contributed by atoms with Crippen molar-refractivity contribution in [1.82, 2.24) is 15.0 Å². The van der Waals surface area contributed by atoms with Gasteiger partial charge in [0.25, 0.3) is 0 Å². The molecule has 0 fully saturated rings. The molecule has 2 aliphatic rings. The third-order valence-corrected chi connectivity index (χ3v) is 8.94. The Morgan fingerprint density at radius 2 is 1.48 bits per heavy atom. The highest BCUT2D eigenvalue weighted by molar-refractivity contribution is 5.97. The highest BCUT2D eigenvalue weighted by Gasteiger charge is 2.26. The van der Waals surface area contributed by atoms with Crippen LogP contribution in [0.25, 0.3) is 28.5 Å². The number of aliphatic hydroxyl groups excluding tert-OH is 2. The topological polar surface area (TPSA) is 173 Å². The Bertz CT molecular complexity index is 2010. The molecule has 0 bridgehead atoms. The van der Waals surface area contributed by atoms with E-state index in [1.54, 1.807) is 30.3 Å². The van der Waals surface area contributed by atoms with Crippen molar-refractivity contribution in [2.45, 2.75) is 89.8 Å². The number of aliphatic hydroxyl groups is 2. The molecule has 0 spiro atoms. The Hall–Kier alpha value is -5.00. The van der Waals surface area contributed by atoms with Crippen LogP contribution < -0.4 is 11.1 Å². The summed E-state index contributed by atoms with van der Waals surface area (Å²) >= 11 is 0. The van der Waals surface area contributed by atoms with Crippen molar-refractivity contribution in [3.63, 3.8) is 0 Å². The molecule has 2 aliphatic carbocycles. The zero-order valence-electron chi connectivity index (χ0n) is 28.2. The number of ketones is 1. The molecule has 11 heteroatoms. The maximum Gasteiger partial charge on any atom is 0.305 e. The van der Waals surface area contributed by atoms with Gasteiger partial charge in [-0.25, -0.2) is 4.39 Å². The molecule has 1 aromatic carbocycles. The predicted octanol–water partition coefficient (Wildman–Crippen LogP) is 5.74. The molecule has 50 heavy (non-hydrogen) atoms. The number of aryl methyl sites for hydroxylation is 2. The number of carboxylic acid groups (broad SMARTS) is 1. The average molecular weight is 684 g/mol. The lowest BCUT2D eigenvalue weighted by Gasteiger charge is -2.22. The van der Waals surface area contributed by atoms with Gasteiger partial charge in [-0.2, -0.15) is 0 Å². The summed E-state index contributed by atoms with van der Waals surface area (Å²) < 4.78 is 13.9. The number of nitrogens with one attached hydrogen (secondary N) is 2. The molecule has 0 aliphatic heterocycles. The second-order valence-corrected chi connectivity index (χ2v) is 13.1. The molecule has 0 saturated carbocycles. The molecule has 5 N–H and O–H groups in total. The number of aliphatic carboxylic acids is 1. The molecule has 2 atom stereocenters. The Morgan fingerprint density at radius 1 is 0.860 bits per heavy atom. The molecule has 0 radical (unpaired) electrons. The van der Waals surface area contributed by atoms with Gasteiger partial charge in [0.15, 0.2) is 5.78 Å². The van der Waals surface area contributed by atoms with Gasteiger partial charge >= 0.3 is 5.97 Å². The number of aromatic nitrogens is 3. The van der Waals surface area contributed by atoms with E-state index in [1.807, 2.05) is 13.8 Å². The third kappa shape index (κ3) is 8.77. The van der Waals surface area contributed by atoms with Crippen LogP contribution in [0, 0.1) is 5.82 Å². The molecule has 3 aromatic heterocycles. The summed E-state index contributed by atoms with van der Waals surface area (Å²) in [6.45, 7) is 4.02. The number of benzene rings is 1. The number of fused-ring (bicyclic) bond motifs is 4. The lowest BCUT2D eigenvalue weighted by Crippen LogP contribution is -2.19. The molecule has 3 heterocycles. The number of H-pyrrole nitrogens is 2.